The lowest BCUT2D eigenvalue weighted by molar-refractivity contribution is -0.149. The molecule has 1 aromatic rings. The Morgan fingerprint density at radius 1 is 1.55 bits per heavy atom. The van der Waals surface area contributed by atoms with E-state index in [0.717, 1.165) is 38.0 Å². The predicted molar refractivity (Wildman–Crippen MR) is 78.2 cm³/mol. The Labute approximate surface area is 123 Å². The molecule has 0 spiro atoms. The normalized spacial score (nSPS) is 29.9. The number of hydrogen-bond donors (Lipinski definition) is 1. The van der Waals surface area contributed by atoms with Crippen molar-refractivity contribution in [2.75, 3.05) is 13.2 Å². The third-order valence-corrected chi connectivity index (χ3v) is 5.37. The minimum Gasteiger partial charge on any atom is -0.480 e. The van der Waals surface area contributed by atoms with Crippen molar-refractivity contribution in [1.82, 2.24) is 4.90 Å². The molecule has 5 heteroatoms. The molecule has 4 nitrogen and oxygen atoms in total. The van der Waals surface area contributed by atoms with E-state index in [-0.39, 0.29) is 5.60 Å². The van der Waals surface area contributed by atoms with Gasteiger partial charge in [-0.15, -0.1) is 11.3 Å². The van der Waals surface area contributed by atoms with Crippen LogP contribution in [-0.4, -0.2) is 40.8 Å². The van der Waals surface area contributed by atoms with Crippen molar-refractivity contribution in [3.63, 3.8) is 0 Å². The van der Waals surface area contributed by atoms with Gasteiger partial charge in [0.25, 0.3) is 0 Å². The van der Waals surface area contributed by atoms with Crippen molar-refractivity contribution >= 4 is 17.3 Å². The molecule has 2 aliphatic heterocycles. The summed E-state index contributed by atoms with van der Waals surface area (Å²) in [4.78, 5) is 15.2. The minimum absolute atomic E-state index is 0.152. The summed E-state index contributed by atoms with van der Waals surface area (Å²) in [5, 5.41) is 11.7. The first-order chi connectivity index (χ1) is 9.48. The van der Waals surface area contributed by atoms with E-state index in [2.05, 4.69) is 18.7 Å². The molecule has 0 amide bonds. The molecule has 0 aliphatic carbocycles. The number of ether oxygens (including phenoxy) is 1. The number of fused-ring (bicyclic) bond motifs is 1. The van der Waals surface area contributed by atoms with E-state index in [9.17, 15) is 9.90 Å². The van der Waals surface area contributed by atoms with Gasteiger partial charge in [0, 0.05) is 24.1 Å². The summed E-state index contributed by atoms with van der Waals surface area (Å²) in [6.07, 6.45) is 2.79. The molecule has 0 bridgehead atoms. The van der Waals surface area contributed by atoms with Gasteiger partial charge in [-0.2, -0.15) is 0 Å². The number of nitrogens with zero attached hydrogens (tertiary/aromatic N) is 1. The van der Waals surface area contributed by atoms with Gasteiger partial charge in [-0.25, -0.2) is 0 Å². The average molecular weight is 295 g/mol. The molecule has 0 saturated carbocycles. The topological polar surface area (TPSA) is 49.8 Å². The van der Waals surface area contributed by atoms with Gasteiger partial charge in [0.1, 0.15) is 6.04 Å². The maximum Gasteiger partial charge on any atom is 0.325 e. The molecule has 1 aromatic heterocycles. The lowest BCUT2D eigenvalue weighted by Gasteiger charge is -2.45. The summed E-state index contributed by atoms with van der Waals surface area (Å²) in [6, 6.07) is 1.80. The third-order valence-electron chi connectivity index (χ3n) is 4.38. The summed E-state index contributed by atoms with van der Waals surface area (Å²) in [6.45, 7) is 5.74. The maximum absolute atomic E-state index is 11.8. The molecule has 0 radical (unpaired) electrons. The third kappa shape index (κ3) is 2.50. The highest BCUT2D eigenvalue weighted by atomic mass is 32.1. The maximum atomic E-state index is 11.8. The van der Waals surface area contributed by atoms with Gasteiger partial charge in [0.2, 0.25) is 0 Å². The molecule has 2 atom stereocenters. The Hall–Kier alpha value is -0.910. The Morgan fingerprint density at radius 3 is 3.05 bits per heavy atom. The Morgan fingerprint density at radius 2 is 2.35 bits per heavy atom. The van der Waals surface area contributed by atoms with Crippen LogP contribution in [-0.2, 0) is 16.0 Å². The monoisotopic (exact) mass is 295 g/mol. The van der Waals surface area contributed by atoms with Crippen LogP contribution in [0, 0.1) is 0 Å². The van der Waals surface area contributed by atoms with E-state index < -0.39 is 12.0 Å². The number of carbonyl (C=O) groups is 1. The zero-order valence-corrected chi connectivity index (χ0v) is 12.8. The zero-order valence-electron chi connectivity index (χ0n) is 12.0. The smallest absolute Gasteiger partial charge is 0.325 e. The summed E-state index contributed by atoms with van der Waals surface area (Å²) in [5.41, 5.74) is 0.846. The van der Waals surface area contributed by atoms with Crippen LogP contribution in [0.1, 0.15) is 43.2 Å². The standard InChI is InChI=1S/C15H21NO3S/c1-15(2)9-10(4-7-19-15)16-6-3-12-11(5-8-20-12)13(16)14(17)18/h5,8,10,13H,3-4,6-7,9H2,1-2H3,(H,17,18). The molecular weight excluding hydrogens is 274 g/mol. The van der Waals surface area contributed by atoms with Crippen molar-refractivity contribution in [1.29, 1.82) is 0 Å². The molecule has 3 heterocycles. The summed E-state index contributed by atoms with van der Waals surface area (Å²) < 4.78 is 5.76. The van der Waals surface area contributed by atoms with Crippen molar-refractivity contribution < 1.29 is 14.6 Å². The predicted octanol–water partition coefficient (Wildman–Crippen LogP) is 2.69. The quantitative estimate of drug-likeness (QED) is 0.911. The fraction of sp³-hybridized carbons (Fsp3) is 0.667. The zero-order chi connectivity index (χ0) is 14.3. The second kappa shape index (κ2) is 5.13. The van der Waals surface area contributed by atoms with Gasteiger partial charge in [-0.05, 0) is 50.1 Å². The van der Waals surface area contributed by atoms with E-state index in [1.807, 2.05) is 11.4 Å². The van der Waals surface area contributed by atoms with Crippen LogP contribution in [0.25, 0.3) is 0 Å². The number of carboxylic acid groups (broad SMARTS) is 1. The molecule has 20 heavy (non-hydrogen) atoms. The van der Waals surface area contributed by atoms with Gasteiger partial charge < -0.3 is 9.84 Å². The van der Waals surface area contributed by atoms with Crippen LogP contribution in [0.4, 0.5) is 0 Å². The van der Waals surface area contributed by atoms with Crippen molar-refractivity contribution in [3.8, 4) is 0 Å². The molecule has 0 aromatic carbocycles. The largest absolute Gasteiger partial charge is 0.480 e. The average Bonchev–Trinajstić information content (AvgIpc) is 2.83. The van der Waals surface area contributed by atoms with Crippen molar-refractivity contribution in [2.24, 2.45) is 0 Å². The molecule has 1 N–H and O–H groups in total. The number of thiophene rings is 1. The number of carboxylic acids is 1. The number of rotatable bonds is 2. The van der Waals surface area contributed by atoms with E-state index >= 15 is 0 Å². The highest BCUT2D eigenvalue weighted by molar-refractivity contribution is 7.10. The van der Waals surface area contributed by atoms with Crippen molar-refractivity contribution in [3.05, 3.63) is 21.9 Å². The SMILES string of the molecule is CC1(C)CC(N2CCc3sccc3C2C(=O)O)CCO1. The first kappa shape index (κ1) is 14.0. The van der Waals surface area contributed by atoms with Crippen LogP contribution in [0.2, 0.25) is 0 Å². The first-order valence-electron chi connectivity index (χ1n) is 7.17. The Kier molecular flexibility index (Phi) is 3.60. The van der Waals surface area contributed by atoms with E-state index in [0.29, 0.717) is 6.04 Å². The van der Waals surface area contributed by atoms with Gasteiger partial charge in [-0.3, -0.25) is 9.69 Å². The minimum atomic E-state index is -0.728. The van der Waals surface area contributed by atoms with Crippen LogP contribution in [0.5, 0.6) is 0 Å². The van der Waals surface area contributed by atoms with Gasteiger partial charge in [0.05, 0.1) is 5.60 Å². The lowest BCUT2D eigenvalue weighted by atomic mass is 9.89. The molecule has 1 saturated heterocycles. The fourth-order valence-electron chi connectivity index (χ4n) is 3.49. The van der Waals surface area contributed by atoms with Gasteiger partial charge in [0.15, 0.2) is 0 Å². The molecular formula is C15H21NO3S. The lowest BCUT2D eigenvalue weighted by Crippen LogP contribution is -2.51. The van der Waals surface area contributed by atoms with E-state index in [1.54, 1.807) is 11.3 Å². The highest BCUT2D eigenvalue weighted by Gasteiger charge is 2.41. The second-order valence-electron chi connectivity index (χ2n) is 6.28. The van der Waals surface area contributed by atoms with Crippen molar-refractivity contribution in [2.45, 2.75) is 50.8 Å². The Bertz CT molecular complexity index is 511. The second-order valence-corrected chi connectivity index (χ2v) is 7.28. The van der Waals surface area contributed by atoms with E-state index in [4.69, 9.17) is 4.74 Å². The molecule has 2 unspecified atom stereocenters. The summed E-state index contributed by atoms with van der Waals surface area (Å²) in [5.74, 6) is -0.728. The number of aliphatic carboxylic acids is 1. The van der Waals surface area contributed by atoms with Crippen LogP contribution in [0.15, 0.2) is 11.4 Å². The molecule has 3 rings (SSSR count). The molecule has 1 fully saturated rings. The number of hydrogen-bond acceptors (Lipinski definition) is 4. The van der Waals surface area contributed by atoms with E-state index in [1.165, 1.54) is 4.88 Å². The summed E-state index contributed by atoms with van der Waals surface area (Å²) in [7, 11) is 0. The van der Waals surface area contributed by atoms with Gasteiger partial charge >= 0.3 is 5.97 Å². The first-order valence-corrected chi connectivity index (χ1v) is 8.05. The van der Waals surface area contributed by atoms with Crippen LogP contribution in [0.3, 0.4) is 0 Å². The van der Waals surface area contributed by atoms with Crippen LogP contribution >= 0.6 is 11.3 Å². The molecule has 2 aliphatic rings. The fourth-order valence-corrected chi connectivity index (χ4v) is 4.39. The Balaban J connectivity index is 1.88. The van der Waals surface area contributed by atoms with Gasteiger partial charge in [-0.1, -0.05) is 0 Å². The molecule has 110 valence electrons. The van der Waals surface area contributed by atoms with Crippen LogP contribution < -0.4 is 0 Å². The summed E-state index contributed by atoms with van der Waals surface area (Å²) >= 11 is 1.68. The highest BCUT2D eigenvalue weighted by Crippen LogP contribution is 2.38.